The summed E-state index contributed by atoms with van der Waals surface area (Å²) >= 11 is 0. The first-order chi connectivity index (χ1) is 10.0. The zero-order valence-electron chi connectivity index (χ0n) is 12.3. The van der Waals surface area contributed by atoms with E-state index >= 15 is 0 Å². The van der Waals surface area contributed by atoms with Gasteiger partial charge in [-0.15, -0.1) is 0 Å². The molecule has 114 valence electrons. The monoisotopic (exact) mass is 290 g/mol. The van der Waals surface area contributed by atoms with E-state index in [4.69, 9.17) is 0 Å². The van der Waals surface area contributed by atoms with Gasteiger partial charge in [0, 0.05) is 13.0 Å². The van der Waals surface area contributed by atoms with Crippen LogP contribution in [0.3, 0.4) is 0 Å². The Kier molecular flexibility index (Phi) is 4.96. The number of amides is 1. The van der Waals surface area contributed by atoms with E-state index in [1.807, 2.05) is 37.3 Å². The average molecular weight is 290 g/mol. The van der Waals surface area contributed by atoms with Crippen LogP contribution in [0.2, 0.25) is 0 Å². The van der Waals surface area contributed by atoms with Gasteiger partial charge in [0.25, 0.3) is 0 Å². The minimum Gasteiger partial charge on any atom is -0.480 e. The Morgan fingerprint density at radius 2 is 2.10 bits per heavy atom. The van der Waals surface area contributed by atoms with Crippen molar-refractivity contribution in [2.75, 3.05) is 13.1 Å². The number of rotatable bonds is 5. The Morgan fingerprint density at radius 1 is 1.38 bits per heavy atom. The number of piperidine rings is 1. The van der Waals surface area contributed by atoms with Gasteiger partial charge in [0.15, 0.2) is 0 Å². The lowest BCUT2D eigenvalue weighted by atomic mass is 9.81. The number of aliphatic carboxylic acids is 1. The summed E-state index contributed by atoms with van der Waals surface area (Å²) in [5, 5.41) is 15.2. The van der Waals surface area contributed by atoms with Crippen LogP contribution in [-0.2, 0) is 16.0 Å². The van der Waals surface area contributed by atoms with Gasteiger partial charge in [-0.1, -0.05) is 30.3 Å². The molecule has 5 heteroatoms. The Bertz CT molecular complexity index is 496. The second-order valence-electron chi connectivity index (χ2n) is 5.89. The second-order valence-corrected chi connectivity index (χ2v) is 5.89. The van der Waals surface area contributed by atoms with E-state index in [1.165, 1.54) is 0 Å². The van der Waals surface area contributed by atoms with E-state index in [-0.39, 0.29) is 5.91 Å². The molecule has 2 rings (SSSR count). The molecule has 0 aromatic heterocycles. The van der Waals surface area contributed by atoms with E-state index in [2.05, 4.69) is 10.6 Å². The molecule has 3 N–H and O–H groups in total. The number of benzene rings is 1. The minimum atomic E-state index is -1.00. The summed E-state index contributed by atoms with van der Waals surface area (Å²) in [6.07, 6.45) is 2.01. The maximum Gasteiger partial charge on any atom is 0.326 e. The maximum absolute atomic E-state index is 12.4. The van der Waals surface area contributed by atoms with Crippen LogP contribution in [0.5, 0.6) is 0 Å². The fourth-order valence-corrected chi connectivity index (χ4v) is 2.63. The second kappa shape index (κ2) is 6.72. The lowest BCUT2D eigenvalue weighted by Gasteiger charge is -2.33. The van der Waals surface area contributed by atoms with Crippen molar-refractivity contribution in [3.63, 3.8) is 0 Å². The third kappa shape index (κ3) is 4.04. The molecule has 0 radical (unpaired) electrons. The average Bonchev–Trinajstić information content (AvgIpc) is 2.48. The van der Waals surface area contributed by atoms with Gasteiger partial charge in [-0.2, -0.15) is 0 Å². The molecule has 1 saturated heterocycles. The summed E-state index contributed by atoms with van der Waals surface area (Å²) in [6, 6.07) is 8.45. The SMILES string of the molecule is CC1(C(=O)N[C@H](Cc2ccccc2)C(=O)O)CCCNC1. The summed E-state index contributed by atoms with van der Waals surface area (Å²) in [4.78, 5) is 23.8. The van der Waals surface area contributed by atoms with Crippen LogP contribution in [0.4, 0.5) is 0 Å². The van der Waals surface area contributed by atoms with Crippen molar-refractivity contribution in [3.05, 3.63) is 35.9 Å². The highest BCUT2D eigenvalue weighted by atomic mass is 16.4. The highest BCUT2D eigenvalue weighted by Crippen LogP contribution is 2.25. The summed E-state index contributed by atoms with van der Waals surface area (Å²) in [6.45, 7) is 3.39. The molecule has 0 aliphatic carbocycles. The number of carboxylic acids is 1. The molecule has 1 heterocycles. The number of hydrogen-bond acceptors (Lipinski definition) is 3. The smallest absolute Gasteiger partial charge is 0.326 e. The third-order valence-electron chi connectivity index (χ3n) is 4.03. The quantitative estimate of drug-likeness (QED) is 0.761. The lowest BCUT2D eigenvalue weighted by Crippen LogP contribution is -2.53. The molecular formula is C16H22N2O3. The summed E-state index contributed by atoms with van der Waals surface area (Å²) < 4.78 is 0. The Hall–Kier alpha value is -1.88. The number of hydrogen-bond donors (Lipinski definition) is 3. The van der Waals surface area contributed by atoms with Crippen molar-refractivity contribution in [1.29, 1.82) is 0 Å². The highest BCUT2D eigenvalue weighted by molar-refractivity contribution is 5.87. The van der Waals surface area contributed by atoms with Crippen molar-refractivity contribution in [1.82, 2.24) is 10.6 Å². The van der Waals surface area contributed by atoms with Gasteiger partial charge in [-0.05, 0) is 31.9 Å². The van der Waals surface area contributed by atoms with Crippen LogP contribution in [0.15, 0.2) is 30.3 Å². The molecule has 21 heavy (non-hydrogen) atoms. The Morgan fingerprint density at radius 3 is 2.67 bits per heavy atom. The van der Waals surface area contributed by atoms with Crippen LogP contribution >= 0.6 is 0 Å². The minimum absolute atomic E-state index is 0.182. The molecule has 1 aromatic carbocycles. The first-order valence-corrected chi connectivity index (χ1v) is 7.30. The van der Waals surface area contributed by atoms with Gasteiger partial charge in [-0.3, -0.25) is 4.79 Å². The van der Waals surface area contributed by atoms with Crippen LogP contribution in [0, 0.1) is 5.41 Å². The topological polar surface area (TPSA) is 78.4 Å². The molecule has 0 bridgehead atoms. The molecule has 1 aromatic rings. The molecule has 1 unspecified atom stereocenters. The maximum atomic E-state index is 12.4. The summed E-state index contributed by atoms with van der Waals surface area (Å²) in [7, 11) is 0. The highest BCUT2D eigenvalue weighted by Gasteiger charge is 2.36. The van der Waals surface area contributed by atoms with Gasteiger partial charge < -0.3 is 15.7 Å². The van der Waals surface area contributed by atoms with Crippen molar-refractivity contribution in [2.24, 2.45) is 5.41 Å². The molecule has 0 spiro atoms. The van der Waals surface area contributed by atoms with Crippen LogP contribution in [-0.4, -0.2) is 36.1 Å². The Balaban J connectivity index is 2.02. The number of carbonyl (C=O) groups is 2. The Labute approximate surface area is 124 Å². The fourth-order valence-electron chi connectivity index (χ4n) is 2.63. The predicted molar refractivity (Wildman–Crippen MR) is 79.9 cm³/mol. The van der Waals surface area contributed by atoms with Gasteiger partial charge in [0.1, 0.15) is 6.04 Å². The van der Waals surface area contributed by atoms with Crippen LogP contribution in [0.1, 0.15) is 25.3 Å². The lowest BCUT2D eigenvalue weighted by molar-refractivity contribution is -0.144. The van der Waals surface area contributed by atoms with E-state index in [9.17, 15) is 14.7 Å². The summed E-state index contributed by atoms with van der Waals surface area (Å²) in [5.41, 5.74) is 0.375. The predicted octanol–water partition coefficient (Wildman–Crippen LogP) is 1.19. The van der Waals surface area contributed by atoms with Gasteiger partial charge >= 0.3 is 5.97 Å². The molecular weight excluding hydrogens is 268 g/mol. The molecule has 1 fully saturated rings. The normalized spacial score (nSPS) is 23.3. The van der Waals surface area contributed by atoms with E-state index < -0.39 is 17.4 Å². The molecule has 2 atom stereocenters. The van der Waals surface area contributed by atoms with Crippen LogP contribution < -0.4 is 10.6 Å². The molecule has 0 saturated carbocycles. The van der Waals surface area contributed by atoms with Crippen molar-refractivity contribution >= 4 is 11.9 Å². The number of nitrogens with one attached hydrogen (secondary N) is 2. The van der Waals surface area contributed by atoms with E-state index in [1.54, 1.807) is 0 Å². The van der Waals surface area contributed by atoms with Crippen molar-refractivity contribution < 1.29 is 14.7 Å². The van der Waals surface area contributed by atoms with Gasteiger partial charge in [-0.25, -0.2) is 4.79 Å². The third-order valence-corrected chi connectivity index (χ3v) is 4.03. The standard InChI is InChI=1S/C16H22N2O3/c1-16(8-5-9-17-11-16)15(21)18-13(14(19)20)10-12-6-3-2-4-7-12/h2-4,6-7,13,17H,5,8-11H2,1H3,(H,18,21)(H,19,20)/t13-,16?/m1/s1. The van der Waals surface area contributed by atoms with E-state index in [0.717, 1.165) is 24.9 Å². The first kappa shape index (κ1) is 15.5. The van der Waals surface area contributed by atoms with Gasteiger partial charge in [0.05, 0.1) is 5.41 Å². The molecule has 1 aliphatic rings. The fraction of sp³-hybridized carbons (Fsp3) is 0.500. The van der Waals surface area contributed by atoms with Crippen molar-refractivity contribution in [3.8, 4) is 0 Å². The zero-order valence-corrected chi connectivity index (χ0v) is 12.3. The number of carbonyl (C=O) groups excluding carboxylic acids is 1. The molecule has 1 amide bonds. The summed E-state index contributed by atoms with van der Waals surface area (Å²) in [5.74, 6) is -1.18. The molecule has 1 aliphatic heterocycles. The van der Waals surface area contributed by atoms with Crippen molar-refractivity contribution in [2.45, 2.75) is 32.2 Å². The molecule has 5 nitrogen and oxygen atoms in total. The largest absolute Gasteiger partial charge is 0.480 e. The van der Waals surface area contributed by atoms with E-state index in [0.29, 0.717) is 13.0 Å². The number of carboxylic acid groups (broad SMARTS) is 1. The van der Waals surface area contributed by atoms with Crippen LogP contribution in [0.25, 0.3) is 0 Å². The van der Waals surface area contributed by atoms with Gasteiger partial charge in [0.2, 0.25) is 5.91 Å². The first-order valence-electron chi connectivity index (χ1n) is 7.30. The zero-order chi connectivity index (χ0) is 15.3.